The quantitative estimate of drug-likeness (QED) is 0.866. The zero-order chi connectivity index (χ0) is 16.4. The summed E-state index contributed by atoms with van der Waals surface area (Å²) in [6.07, 6.45) is 1.93. The first-order valence-electron chi connectivity index (χ1n) is 8.35. The van der Waals surface area contributed by atoms with Crippen LogP contribution in [0.1, 0.15) is 11.1 Å². The van der Waals surface area contributed by atoms with Gasteiger partial charge in [-0.05, 0) is 17.7 Å². The lowest BCUT2D eigenvalue weighted by Crippen LogP contribution is -2.50. The van der Waals surface area contributed by atoms with Crippen molar-refractivity contribution in [2.24, 2.45) is 0 Å². The number of ether oxygens (including phenoxy) is 1. The van der Waals surface area contributed by atoms with Gasteiger partial charge < -0.3 is 9.64 Å². The van der Waals surface area contributed by atoms with Gasteiger partial charge >= 0.3 is 0 Å². The minimum Gasteiger partial charge on any atom is -0.373 e. The van der Waals surface area contributed by atoms with E-state index in [9.17, 15) is 5.26 Å². The van der Waals surface area contributed by atoms with Crippen LogP contribution in [0, 0.1) is 11.3 Å². The maximum absolute atomic E-state index is 9.33. The average molecular weight is 320 g/mol. The van der Waals surface area contributed by atoms with Crippen molar-refractivity contribution in [2.45, 2.75) is 18.7 Å². The fourth-order valence-electron chi connectivity index (χ4n) is 3.68. The van der Waals surface area contributed by atoms with Gasteiger partial charge in [0.1, 0.15) is 11.9 Å². The molecule has 0 unspecified atom stereocenters. The molecule has 2 aliphatic rings. The number of benzene rings is 1. The minimum absolute atomic E-state index is 0.177. The van der Waals surface area contributed by atoms with Gasteiger partial charge in [0.2, 0.25) is 0 Å². The lowest BCUT2D eigenvalue weighted by molar-refractivity contribution is -0.0499. The van der Waals surface area contributed by atoms with Crippen molar-refractivity contribution in [1.82, 2.24) is 9.88 Å². The molecule has 0 radical (unpaired) electrons. The van der Waals surface area contributed by atoms with Crippen LogP contribution in [0.4, 0.5) is 5.82 Å². The molecule has 122 valence electrons. The number of nitriles is 1. The lowest BCUT2D eigenvalue weighted by Gasteiger charge is -2.36. The van der Waals surface area contributed by atoms with Crippen molar-refractivity contribution < 1.29 is 4.74 Å². The monoisotopic (exact) mass is 320 g/mol. The molecule has 0 saturated carbocycles. The molecule has 2 aliphatic heterocycles. The molecule has 1 aromatic heterocycles. The summed E-state index contributed by atoms with van der Waals surface area (Å²) in [5.74, 6) is 0.776. The predicted molar refractivity (Wildman–Crippen MR) is 91.5 cm³/mol. The van der Waals surface area contributed by atoms with E-state index in [1.54, 1.807) is 6.20 Å². The number of rotatable bonds is 3. The van der Waals surface area contributed by atoms with E-state index in [0.29, 0.717) is 11.6 Å². The first-order valence-corrected chi connectivity index (χ1v) is 8.35. The van der Waals surface area contributed by atoms with Crippen molar-refractivity contribution in [3.8, 4) is 6.07 Å². The van der Waals surface area contributed by atoms with Crippen molar-refractivity contribution >= 4 is 5.82 Å². The predicted octanol–water partition coefficient (Wildman–Crippen LogP) is 2.04. The third-order valence-corrected chi connectivity index (χ3v) is 4.85. The van der Waals surface area contributed by atoms with E-state index in [1.807, 2.05) is 18.2 Å². The number of hydrogen-bond donors (Lipinski definition) is 0. The molecule has 0 amide bonds. The van der Waals surface area contributed by atoms with Gasteiger partial charge in [0.25, 0.3) is 0 Å². The SMILES string of the molecule is N#Cc1cccnc1N1C[C@@H]2[C@@H](C1)OCCN2Cc1ccccc1. The molecule has 2 aromatic rings. The first kappa shape index (κ1) is 15.1. The van der Waals surface area contributed by atoms with Gasteiger partial charge in [-0.1, -0.05) is 30.3 Å². The van der Waals surface area contributed by atoms with Crippen LogP contribution in [0.3, 0.4) is 0 Å². The highest BCUT2D eigenvalue weighted by Gasteiger charge is 2.40. The van der Waals surface area contributed by atoms with E-state index >= 15 is 0 Å². The number of fused-ring (bicyclic) bond motifs is 1. The number of morpholine rings is 1. The standard InChI is InChI=1S/C19H20N4O/c20-11-16-7-4-8-21-19(16)23-13-17-18(14-23)24-10-9-22(17)12-15-5-2-1-3-6-15/h1-8,17-18H,9-10,12-14H2/t17-,18-/m1/s1. The third kappa shape index (κ3) is 2.86. The molecule has 0 bridgehead atoms. The maximum atomic E-state index is 9.33. The molecule has 0 spiro atoms. The van der Waals surface area contributed by atoms with Crippen molar-refractivity contribution in [1.29, 1.82) is 5.26 Å². The summed E-state index contributed by atoms with van der Waals surface area (Å²) in [6.45, 7) is 4.28. The Hall–Kier alpha value is -2.42. The topological polar surface area (TPSA) is 52.4 Å². The lowest BCUT2D eigenvalue weighted by atomic mass is 10.1. The van der Waals surface area contributed by atoms with Crippen molar-refractivity contribution in [3.05, 3.63) is 59.8 Å². The van der Waals surface area contributed by atoms with Gasteiger partial charge in [-0.25, -0.2) is 4.98 Å². The summed E-state index contributed by atoms with van der Waals surface area (Å²) >= 11 is 0. The van der Waals surface area contributed by atoms with Crippen LogP contribution in [0.15, 0.2) is 48.7 Å². The highest BCUT2D eigenvalue weighted by molar-refractivity contribution is 5.54. The van der Waals surface area contributed by atoms with Crippen molar-refractivity contribution in [2.75, 3.05) is 31.1 Å². The second kappa shape index (κ2) is 6.60. The summed E-state index contributed by atoms with van der Waals surface area (Å²) in [5.41, 5.74) is 1.96. The van der Waals surface area contributed by atoms with E-state index in [2.05, 4.69) is 45.1 Å². The van der Waals surface area contributed by atoms with E-state index in [-0.39, 0.29) is 6.10 Å². The van der Waals surface area contributed by atoms with Gasteiger partial charge in [0.05, 0.1) is 24.3 Å². The van der Waals surface area contributed by atoms with Crippen LogP contribution >= 0.6 is 0 Å². The van der Waals surface area contributed by atoms with Crippen molar-refractivity contribution in [3.63, 3.8) is 0 Å². The minimum atomic E-state index is 0.177. The van der Waals surface area contributed by atoms with Crippen LogP contribution in [-0.2, 0) is 11.3 Å². The second-order valence-electron chi connectivity index (χ2n) is 6.32. The van der Waals surface area contributed by atoms with Gasteiger partial charge in [-0.2, -0.15) is 5.26 Å². The van der Waals surface area contributed by atoms with E-state index < -0.39 is 0 Å². The largest absolute Gasteiger partial charge is 0.373 e. The normalized spacial score (nSPS) is 23.7. The molecular weight excluding hydrogens is 300 g/mol. The van der Waals surface area contributed by atoms with Crippen LogP contribution in [0.2, 0.25) is 0 Å². The Balaban J connectivity index is 1.53. The molecular formula is C19H20N4O. The average Bonchev–Trinajstić information content (AvgIpc) is 3.08. The second-order valence-corrected chi connectivity index (χ2v) is 6.32. The number of aromatic nitrogens is 1. The molecule has 1 aromatic carbocycles. The Kier molecular flexibility index (Phi) is 4.16. The molecule has 0 N–H and O–H groups in total. The molecule has 3 heterocycles. The summed E-state index contributed by atoms with van der Waals surface area (Å²) in [6, 6.07) is 16.8. The first-order chi connectivity index (χ1) is 11.8. The fraction of sp³-hybridized carbons (Fsp3) is 0.368. The molecule has 2 atom stereocenters. The van der Waals surface area contributed by atoms with E-state index in [0.717, 1.165) is 38.6 Å². The Labute approximate surface area is 142 Å². The summed E-state index contributed by atoms with van der Waals surface area (Å²) in [4.78, 5) is 9.12. The zero-order valence-corrected chi connectivity index (χ0v) is 13.5. The number of nitrogens with zero attached hydrogens (tertiary/aromatic N) is 4. The van der Waals surface area contributed by atoms with E-state index in [4.69, 9.17) is 4.74 Å². The van der Waals surface area contributed by atoms with Gasteiger partial charge in [0.15, 0.2) is 0 Å². The van der Waals surface area contributed by atoms with Crippen LogP contribution in [0.5, 0.6) is 0 Å². The number of pyridine rings is 1. The van der Waals surface area contributed by atoms with Gasteiger partial charge in [-0.15, -0.1) is 0 Å². The van der Waals surface area contributed by atoms with Crippen LogP contribution in [0.25, 0.3) is 0 Å². The summed E-state index contributed by atoms with van der Waals surface area (Å²) in [5, 5.41) is 9.33. The molecule has 2 fully saturated rings. The Morgan fingerprint density at radius 2 is 2.04 bits per heavy atom. The molecule has 5 heteroatoms. The van der Waals surface area contributed by atoms with Gasteiger partial charge in [-0.3, -0.25) is 4.90 Å². The van der Waals surface area contributed by atoms with E-state index in [1.165, 1.54) is 5.56 Å². The molecule has 4 rings (SSSR count). The van der Waals surface area contributed by atoms with Gasteiger partial charge in [0, 0.05) is 32.4 Å². The Morgan fingerprint density at radius 1 is 1.17 bits per heavy atom. The third-order valence-electron chi connectivity index (χ3n) is 4.85. The fourth-order valence-corrected chi connectivity index (χ4v) is 3.68. The van der Waals surface area contributed by atoms with Crippen LogP contribution < -0.4 is 4.90 Å². The zero-order valence-electron chi connectivity index (χ0n) is 13.5. The maximum Gasteiger partial charge on any atom is 0.146 e. The molecule has 0 aliphatic carbocycles. The summed E-state index contributed by atoms with van der Waals surface area (Å²) < 4.78 is 6.00. The smallest absolute Gasteiger partial charge is 0.146 e. The highest BCUT2D eigenvalue weighted by atomic mass is 16.5. The molecule has 5 nitrogen and oxygen atoms in total. The molecule has 24 heavy (non-hydrogen) atoms. The Morgan fingerprint density at radius 3 is 2.88 bits per heavy atom. The molecule has 2 saturated heterocycles. The number of anilines is 1. The highest BCUT2D eigenvalue weighted by Crippen LogP contribution is 2.28. The Bertz CT molecular complexity index is 743. The number of hydrogen-bond acceptors (Lipinski definition) is 5. The summed E-state index contributed by atoms with van der Waals surface area (Å²) in [7, 11) is 0. The van der Waals surface area contributed by atoms with Crippen LogP contribution in [-0.4, -0.2) is 48.3 Å².